The number of rotatable bonds is 11. The van der Waals surface area contributed by atoms with Crippen LogP contribution in [0.25, 0.3) is 5.57 Å². The van der Waals surface area contributed by atoms with E-state index in [1.807, 2.05) is 49.4 Å². The van der Waals surface area contributed by atoms with Gasteiger partial charge in [0.05, 0.1) is 16.4 Å². The average Bonchev–Trinajstić information content (AvgIpc) is 3.30. The summed E-state index contributed by atoms with van der Waals surface area (Å²) in [6, 6.07) is 20.8. The fourth-order valence-corrected chi connectivity index (χ4v) is 5.79. The Hall–Kier alpha value is -3.36. The maximum Gasteiger partial charge on any atom is 0.324 e. The quantitative estimate of drug-likeness (QED) is 0.144. The summed E-state index contributed by atoms with van der Waals surface area (Å²) >= 11 is 2.55. The molecule has 0 saturated heterocycles. The summed E-state index contributed by atoms with van der Waals surface area (Å²) in [7, 11) is 0. The third-order valence-corrected chi connectivity index (χ3v) is 7.80. The smallest absolute Gasteiger partial charge is 0.324 e. The Morgan fingerprint density at radius 1 is 1.03 bits per heavy atom. The fourth-order valence-electron chi connectivity index (χ4n) is 3.84. The second kappa shape index (κ2) is 12.6. The zero-order valence-corrected chi connectivity index (χ0v) is 21.6. The van der Waals surface area contributed by atoms with Crippen molar-refractivity contribution in [3.05, 3.63) is 103 Å². The molecule has 1 aliphatic rings. The predicted octanol–water partition coefficient (Wildman–Crippen LogP) is 8.27. The summed E-state index contributed by atoms with van der Waals surface area (Å²) in [5.41, 5.74) is 2.24. The van der Waals surface area contributed by atoms with E-state index in [4.69, 9.17) is 9.47 Å². The van der Waals surface area contributed by atoms with Crippen LogP contribution in [0, 0.1) is 10.1 Å². The van der Waals surface area contributed by atoms with Gasteiger partial charge in [-0.25, -0.2) is 0 Å². The van der Waals surface area contributed by atoms with Gasteiger partial charge in [-0.3, -0.25) is 14.9 Å². The Labute approximate surface area is 218 Å². The maximum absolute atomic E-state index is 12.5. The van der Waals surface area contributed by atoms with E-state index in [0.717, 1.165) is 63.2 Å². The number of carbonyl (C=O) groups is 1. The first-order valence-corrected chi connectivity index (χ1v) is 13.5. The van der Waals surface area contributed by atoms with E-state index in [-0.39, 0.29) is 10.8 Å². The zero-order valence-electron chi connectivity index (χ0n) is 20.0. The number of thiophene rings is 1. The predicted molar refractivity (Wildman–Crippen MR) is 146 cm³/mol. The minimum Gasteiger partial charge on any atom is -0.494 e. The Kier molecular flexibility index (Phi) is 8.97. The molecule has 0 fully saturated rings. The van der Waals surface area contributed by atoms with E-state index in [1.165, 1.54) is 6.07 Å². The number of para-hydroxylation sites is 1. The third-order valence-electron chi connectivity index (χ3n) is 5.58. The van der Waals surface area contributed by atoms with Gasteiger partial charge in [-0.1, -0.05) is 59.5 Å². The molecule has 0 radical (unpaired) electrons. The topological polar surface area (TPSA) is 78.7 Å². The van der Waals surface area contributed by atoms with Crippen LogP contribution in [0.1, 0.15) is 54.3 Å². The van der Waals surface area contributed by atoms with Gasteiger partial charge >= 0.3 is 5.00 Å². The van der Waals surface area contributed by atoms with Crippen molar-refractivity contribution in [3.8, 4) is 11.5 Å². The summed E-state index contributed by atoms with van der Waals surface area (Å²) in [4.78, 5) is 24.6. The lowest BCUT2D eigenvalue weighted by molar-refractivity contribution is -0.380. The average molecular weight is 522 g/mol. The van der Waals surface area contributed by atoms with Crippen LogP contribution in [-0.4, -0.2) is 17.3 Å². The van der Waals surface area contributed by atoms with Crippen LogP contribution < -0.4 is 9.47 Å². The molecule has 186 valence electrons. The van der Waals surface area contributed by atoms with Crippen LogP contribution in [0.4, 0.5) is 5.00 Å². The first-order chi connectivity index (χ1) is 17.5. The standard InChI is InChI=1S/C28H27NO5S2/c1-2-33-21-16-14-20(15-17-21)24-12-6-10-23(35-28(24)34-22-8-4-3-5-9-22)11-7-13-25(30)26-18-19-27(36-26)29(31)32/h3-5,8-10,14-19H,2,6-7,11-13H2,1H3. The number of ether oxygens (including phenoxy) is 2. The summed E-state index contributed by atoms with van der Waals surface area (Å²) in [6.07, 6.45) is 5.69. The van der Waals surface area contributed by atoms with Crippen molar-refractivity contribution in [1.29, 1.82) is 0 Å². The summed E-state index contributed by atoms with van der Waals surface area (Å²) in [6.45, 7) is 2.59. The zero-order chi connectivity index (χ0) is 25.3. The summed E-state index contributed by atoms with van der Waals surface area (Å²) in [5.74, 6) is 1.56. The molecule has 0 aliphatic carbocycles. The number of benzene rings is 2. The van der Waals surface area contributed by atoms with E-state index < -0.39 is 4.92 Å². The van der Waals surface area contributed by atoms with Crippen molar-refractivity contribution < 1.29 is 19.2 Å². The van der Waals surface area contributed by atoms with Crippen molar-refractivity contribution >= 4 is 39.5 Å². The molecule has 36 heavy (non-hydrogen) atoms. The van der Waals surface area contributed by atoms with Gasteiger partial charge in [0.2, 0.25) is 0 Å². The lowest BCUT2D eigenvalue weighted by atomic mass is 10.0. The van der Waals surface area contributed by atoms with Gasteiger partial charge in [-0.05, 0) is 73.4 Å². The molecule has 4 rings (SSSR count). The minimum atomic E-state index is -0.461. The number of carbonyl (C=O) groups excluding carboxylic acids is 1. The van der Waals surface area contributed by atoms with Gasteiger partial charge in [0.25, 0.3) is 0 Å². The van der Waals surface area contributed by atoms with Crippen molar-refractivity contribution in [3.63, 3.8) is 0 Å². The number of thioether (sulfide) groups is 1. The van der Waals surface area contributed by atoms with E-state index in [0.29, 0.717) is 24.3 Å². The Balaban J connectivity index is 1.47. The van der Waals surface area contributed by atoms with Crippen LogP contribution in [0.2, 0.25) is 0 Å². The van der Waals surface area contributed by atoms with Crippen molar-refractivity contribution in [2.24, 2.45) is 0 Å². The maximum atomic E-state index is 12.5. The monoisotopic (exact) mass is 521 g/mol. The fraction of sp³-hybridized carbons (Fsp3) is 0.250. The van der Waals surface area contributed by atoms with Gasteiger partial charge in [0.15, 0.2) is 10.9 Å². The van der Waals surface area contributed by atoms with Gasteiger partial charge in [-0.15, -0.1) is 0 Å². The molecule has 2 aromatic carbocycles. The van der Waals surface area contributed by atoms with Crippen molar-refractivity contribution in [2.45, 2.75) is 39.0 Å². The second-order valence-corrected chi connectivity index (χ2v) is 10.3. The van der Waals surface area contributed by atoms with Gasteiger partial charge in [0, 0.05) is 18.1 Å². The minimum absolute atomic E-state index is 0.00459. The SMILES string of the molecule is CCOc1ccc(C2=C(Oc3ccccc3)SC(CCCC(=O)c3ccc([N+](=O)[O-])s3)=CCC2)cc1. The van der Waals surface area contributed by atoms with Gasteiger partial charge in [-0.2, -0.15) is 0 Å². The first-order valence-electron chi connectivity index (χ1n) is 11.9. The van der Waals surface area contributed by atoms with Crippen LogP contribution >= 0.6 is 23.1 Å². The molecule has 0 N–H and O–H groups in total. The number of allylic oxidation sites excluding steroid dienone is 3. The lowest BCUT2D eigenvalue weighted by Gasteiger charge is -2.16. The largest absolute Gasteiger partial charge is 0.494 e. The molecule has 1 aromatic heterocycles. The molecule has 0 atom stereocenters. The molecular formula is C28H27NO5S2. The summed E-state index contributed by atoms with van der Waals surface area (Å²) in [5, 5.41) is 11.7. The number of nitro groups is 1. The normalized spacial score (nSPS) is 13.6. The summed E-state index contributed by atoms with van der Waals surface area (Å²) < 4.78 is 12.0. The second-order valence-electron chi connectivity index (χ2n) is 8.12. The molecule has 1 aliphatic heterocycles. The molecule has 0 saturated carbocycles. The highest BCUT2D eigenvalue weighted by Gasteiger charge is 2.19. The van der Waals surface area contributed by atoms with Crippen LogP contribution in [-0.2, 0) is 0 Å². The van der Waals surface area contributed by atoms with Gasteiger partial charge in [0.1, 0.15) is 11.5 Å². The molecule has 0 amide bonds. The van der Waals surface area contributed by atoms with E-state index in [2.05, 4.69) is 18.2 Å². The van der Waals surface area contributed by atoms with E-state index >= 15 is 0 Å². The number of ketones is 1. The number of Topliss-reactive ketones (excluding diaryl/α,β-unsaturated/α-hetero) is 1. The molecule has 0 unspecified atom stereocenters. The van der Waals surface area contributed by atoms with Crippen molar-refractivity contribution in [1.82, 2.24) is 0 Å². The molecular weight excluding hydrogens is 494 g/mol. The Morgan fingerprint density at radius 3 is 2.50 bits per heavy atom. The highest BCUT2D eigenvalue weighted by molar-refractivity contribution is 8.06. The number of hydrogen-bond acceptors (Lipinski definition) is 7. The third kappa shape index (κ3) is 6.86. The van der Waals surface area contributed by atoms with Crippen LogP contribution in [0.5, 0.6) is 11.5 Å². The number of hydrogen-bond donors (Lipinski definition) is 0. The van der Waals surface area contributed by atoms with Crippen LogP contribution in [0.15, 0.2) is 82.8 Å². The first kappa shape index (κ1) is 25.7. The lowest BCUT2D eigenvalue weighted by Crippen LogP contribution is -1.99. The van der Waals surface area contributed by atoms with E-state index in [1.54, 1.807) is 17.8 Å². The molecule has 0 spiro atoms. The van der Waals surface area contributed by atoms with Crippen LogP contribution in [0.3, 0.4) is 0 Å². The molecule has 3 aromatic rings. The molecule has 2 heterocycles. The molecule has 6 nitrogen and oxygen atoms in total. The van der Waals surface area contributed by atoms with Gasteiger partial charge < -0.3 is 9.47 Å². The highest BCUT2D eigenvalue weighted by atomic mass is 32.2. The molecule has 0 bridgehead atoms. The Morgan fingerprint density at radius 2 is 1.81 bits per heavy atom. The molecule has 8 heteroatoms. The van der Waals surface area contributed by atoms with Crippen molar-refractivity contribution in [2.75, 3.05) is 6.61 Å². The highest BCUT2D eigenvalue weighted by Crippen LogP contribution is 2.41. The Bertz CT molecular complexity index is 1260. The number of nitrogens with zero attached hydrogens (tertiary/aromatic N) is 1. The van der Waals surface area contributed by atoms with E-state index in [9.17, 15) is 14.9 Å².